The highest BCUT2D eigenvalue weighted by Crippen LogP contribution is 2.15. The Balaban J connectivity index is 0.00000144. The first-order valence-electron chi connectivity index (χ1n) is 5.42. The van der Waals surface area contributed by atoms with Gasteiger partial charge in [-0.25, -0.2) is 0 Å². The molecule has 0 spiro atoms. The molecule has 0 atom stereocenters. The van der Waals surface area contributed by atoms with Gasteiger partial charge in [-0.1, -0.05) is 6.07 Å². The van der Waals surface area contributed by atoms with Crippen LogP contribution < -0.4 is 10.6 Å². The van der Waals surface area contributed by atoms with Gasteiger partial charge in [0.1, 0.15) is 0 Å². The van der Waals surface area contributed by atoms with Gasteiger partial charge in [0.15, 0.2) is 0 Å². The normalized spacial score (nSPS) is 14.7. The number of carbonyl (C=O) groups excluding carboxylic acids is 1. The fourth-order valence-electron chi connectivity index (χ4n) is 1.68. The van der Waals surface area contributed by atoms with Crippen LogP contribution in [-0.2, 0) is 0 Å². The van der Waals surface area contributed by atoms with Crippen LogP contribution in [0.1, 0.15) is 15.9 Å². The molecule has 0 radical (unpaired) electrons. The molecule has 1 aliphatic heterocycles. The van der Waals surface area contributed by atoms with Crippen molar-refractivity contribution < 1.29 is 4.79 Å². The first kappa shape index (κ1) is 14.7. The average molecular weight is 367 g/mol. The van der Waals surface area contributed by atoms with Crippen LogP contribution >= 0.6 is 35.0 Å². The molecule has 0 unspecified atom stereocenters. The van der Waals surface area contributed by atoms with E-state index in [9.17, 15) is 4.79 Å². The number of nitrogens with one attached hydrogen (secondary N) is 2. The summed E-state index contributed by atoms with van der Waals surface area (Å²) in [4.78, 5) is 11.9. The molecule has 1 heterocycles. The summed E-state index contributed by atoms with van der Waals surface area (Å²) in [5.74, 6) is 0.648. The van der Waals surface area contributed by atoms with Crippen molar-refractivity contribution in [1.29, 1.82) is 0 Å². The number of amides is 1. The lowest BCUT2D eigenvalue weighted by Crippen LogP contribution is -2.48. The van der Waals surface area contributed by atoms with E-state index in [-0.39, 0.29) is 18.3 Å². The summed E-state index contributed by atoms with van der Waals surface area (Å²) in [5.41, 5.74) is 1.85. The lowest BCUT2D eigenvalue weighted by molar-refractivity contribution is 0.0941. The third kappa shape index (κ3) is 3.56. The van der Waals surface area contributed by atoms with Crippen LogP contribution in [-0.4, -0.2) is 25.5 Å². The van der Waals surface area contributed by atoms with Crippen LogP contribution in [0.2, 0.25) is 0 Å². The lowest BCUT2D eigenvalue weighted by Gasteiger charge is -2.27. The summed E-state index contributed by atoms with van der Waals surface area (Å²) in [6.45, 7) is 4.80. The SMILES string of the molecule is Cc1c(I)cccc1C(=O)NCC1CNC1.Cl. The van der Waals surface area contributed by atoms with Crippen molar-refractivity contribution in [2.45, 2.75) is 6.92 Å². The molecule has 2 N–H and O–H groups in total. The van der Waals surface area contributed by atoms with Gasteiger partial charge in [-0.3, -0.25) is 4.79 Å². The molecule has 0 aromatic heterocycles. The van der Waals surface area contributed by atoms with Crippen LogP contribution in [0.3, 0.4) is 0 Å². The summed E-state index contributed by atoms with van der Waals surface area (Å²) in [7, 11) is 0. The van der Waals surface area contributed by atoms with Crippen LogP contribution in [0.4, 0.5) is 0 Å². The number of hydrogen-bond acceptors (Lipinski definition) is 2. The molecule has 1 fully saturated rings. The fraction of sp³-hybridized carbons (Fsp3) is 0.417. The maximum Gasteiger partial charge on any atom is 0.251 e. The maximum atomic E-state index is 11.9. The zero-order valence-corrected chi connectivity index (χ0v) is 12.6. The predicted molar refractivity (Wildman–Crippen MR) is 79.8 cm³/mol. The van der Waals surface area contributed by atoms with Crippen molar-refractivity contribution in [3.05, 3.63) is 32.9 Å². The Morgan fingerprint density at radius 1 is 1.53 bits per heavy atom. The summed E-state index contributed by atoms with van der Waals surface area (Å²) in [6, 6.07) is 5.82. The standard InChI is InChI=1S/C12H15IN2O.ClH/c1-8-10(3-2-4-11(8)13)12(16)15-7-9-5-14-6-9;/h2-4,9,14H,5-7H2,1H3,(H,15,16);1H. The number of carbonyl (C=O) groups is 1. The van der Waals surface area contributed by atoms with Crippen molar-refractivity contribution >= 4 is 40.9 Å². The molecule has 1 aromatic carbocycles. The first-order valence-corrected chi connectivity index (χ1v) is 6.50. The van der Waals surface area contributed by atoms with Crippen LogP contribution in [0.15, 0.2) is 18.2 Å². The van der Waals surface area contributed by atoms with Gasteiger partial charge in [0.05, 0.1) is 0 Å². The van der Waals surface area contributed by atoms with E-state index in [4.69, 9.17) is 0 Å². The van der Waals surface area contributed by atoms with Crippen LogP contribution in [0.25, 0.3) is 0 Å². The molecular formula is C12H16ClIN2O. The molecule has 94 valence electrons. The van der Waals surface area contributed by atoms with Crippen molar-refractivity contribution in [3.8, 4) is 0 Å². The maximum absolute atomic E-state index is 11.9. The summed E-state index contributed by atoms with van der Waals surface area (Å²) in [6.07, 6.45) is 0. The molecule has 0 saturated carbocycles. The van der Waals surface area contributed by atoms with Gasteiger partial charge in [-0.15, -0.1) is 12.4 Å². The van der Waals surface area contributed by atoms with Crippen molar-refractivity contribution in [3.63, 3.8) is 0 Å². The zero-order chi connectivity index (χ0) is 11.5. The molecule has 17 heavy (non-hydrogen) atoms. The quantitative estimate of drug-likeness (QED) is 0.803. The van der Waals surface area contributed by atoms with Gasteiger partial charge < -0.3 is 10.6 Å². The highest BCUT2D eigenvalue weighted by molar-refractivity contribution is 14.1. The molecule has 1 saturated heterocycles. The average Bonchev–Trinajstić information content (AvgIpc) is 2.19. The van der Waals surface area contributed by atoms with Crippen molar-refractivity contribution in [1.82, 2.24) is 10.6 Å². The Morgan fingerprint density at radius 3 is 2.82 bits per heavy atom. The minimum absolute atomic E-state index is 0. The number of rotatable bonds is 3. The van der Waals surface area contributed by atoms with Gasteiger partial charge in [0.2, 0.25) is 0 Å². The molecule has 3 nitrogen and oxygen atoms in total. The van der Waals surface area contributed by atoms with E-state index < -0.39 is 0 Å². The monoisotopic (exact) mass is 366 g/mol. The Kier molecular flexibility index (Phi) is 5.69. The van der Waals surface area contributed by atoms with Crippen molar-refractivity contribution in [2.75, 3.05) is 19.6 Å². The first-order chi connectivity index (χ1) is 7.68. The summed E-state index contributed by atoms with van der Waals surface area (Å²) >= 11 is 2.25. The molecule has 1 aliphatic rings. The Bertz CT molecular complexity index is 407. The molecular weight excluding hydrogens is 351 g/mol. The Morgan fingerprint density at radius 2 is 2.24 bits per heavy atom. The second-order valence-corrected chi connectivity index (χ2v) is 5.31. The van der Waals surface area contributed by atoms with E-state index >= 15 is 0 Å². The number of benzene rings is 1. The third-order valence-corrected chi connectivity index (χ3v) is 4.10. The second kappa shape index (κ2) is 6.56. The molecule has 0 bridgehead atoms. The Hall–Kier alpha value is -0.330. The van der Waals surface area contributed by atoms with Gasteiger partial charge >= 0.3 is 0 Å². The summed E-state index contributed by atoms with van der Waals surface area (Å²) in [5, 5.41) is 6.18. The van der Waals surface area contributed by atoms with E-state index in [1.54, 1.807) is 0 Å². The zero-order valence-electron chi connectivity index (χ0n) is 9.63. The lowest BCUT2D eigenvalue weighted by atomic mass is 10.0. The minimum Gasteiger partial charge on any atom is -0.352 e. The van der Waals surface area contributed by atoms with Gasteiger partial charge in [-0.05, 0) is 47.2 Å². The highest BCUT2D eigenvalue weighted by Gasteiger charge is 2.18. The number of hydrogen-bond donors (Lipinski definition) is 2. The van der Waals surface area contributed by atoms with Gasteiger partial charge in [0.25, 0.3) is 5.91 Å². The topological polar surface area (TPSA) is 41.1 Å². The van der Waals surface area contributed by atoms with Crippen molar-refractivity contribution in [2.24, 2.45) is 5.92 Å². The second-order valence-electron chi connectivity index (χ2n) is 4.15. The molecule has 0 aliphatic carbocycles. The number of halogens is 2. The smallest absolute Gasteiger partial charge is 0.251 e. The molecule has 5 heteroatoms. The Labute approximate surface area is 121 Å². The highest BCUT2D eigenvalue weighted by atomic mass is 127. The van der Waals surface area contributed by atoms with Crippen LogP contribution in [0, 0.1) is 16.4 Å². The van der Waals surface area contributed by atoms with E-state index in [1.165, 1.54) is 0 Å². The van der Waals surface area contributed by atoms with E-state index in [2.05, 4.69) is 33.2 Å². The molecule has 2 rings (SSSR count). The van der Waals surface area contributed by atoms with Gasteiger partial charge in [0, 0.05) is 34.7 Å². The fourth-order valence-corrected chi connectivity index (χ4v) is 2.18. The van der Waals surface area contributed by atoms with E-state index in [0.29, 0.717) is 5.92 Å². The largest absolute Gasteiger partial charge is 0.352 e. The summed E-state index contributed by atoms with van der Waals surface area (Å²) < 4.78 is 1.13. The van der Waals surface area contributed by atoms with Crippen LogP contribution in [0.5, 0.6) is 0 Å². The van der Waals surface area contributed by atoms with E-state index in [0.717, 1.165) is 34.3 Å². The molecule has 1 aromatic rings. The minimum atomic E-state index is 0. The van der Waals surface area contributed by atoms with Gasteiger partial charge in [-0.2, -0.15) is 0 Å². The predicted octanol–water partition coefficient (Wildman–Crippen LogP) is 1.97. The third-order valence-electron chi connectivity index (χ3n) is 2.93. The molecule has 1 amide bonds. The van der Waals surface area contributed by atoms with E-state index in [1.807, 2.05) is 25.1 Å².